The molecule has 0 spiro atoms. The van der Waals surface area contributed by atoms with Gasteiger partial charge in [0.1, 0.15) is 5.75 Å². The van der Waals surface area contributed by atoms with Crippen LogP contribution in [0, 0.1) is 0 Å². The van der Waals surface area contributed by atoms with Gasteiger partial charge >= 0.3 is 0 Å². The minimum absolute atomic E-state index is 0.0914. The zero-order valence-corrected chi connectivity index (χ0v) is 17.0. The summed E-state index contributed by atoms with van der Waals surface area (Å²) in [6, 6.07) is 15.7. The fourth-order valence-electron chi connectivity index (χ4n) is 3.04. The van der Waals surface area contributed by atoms with Crippen molar-refractivity contribution in [3.05, 3.63) is 60.9 Å². The molecule has 6 nitrogen and oxygen atoms in total. The minimum Gasteiger partial charge on any atom is -0.491 e. The number of nitrogens with zero attached hydrogens (tertiary/aromatic N) is 4. The van der Waals surface area contributed by atoms with E-state index in [1.165, 1.54) is 0 Å². The van der Waals surface area contributed by atoms with E-state index in [1.54, 1.807) is 6.20 Å². The maximum Gasteiger partial charge on any atom is 0.213 e. The molecule has 4 aromatic rings. The van der Waals surface area contributed by atoms with Gasteiger partial charge in [0.25, 0.3) is 0 Å². The average Bonchev–Trinajstić information content (AvgIpc) is 3.11. The van der Waals surface area contributed by atoms with Crippen molar-refractivity contribution in [2.24, 2.45) is 0 Å². The molecule has 0 unspecified atom stereocenters. The summed E-state index contributed by atoms with van der Waals surface area (Å²) in [6.45, 7) is 7.99. The number of hydrogen-bond donors (Lipinski definition) is 0. The number of hydrogen-bond acceptors (Lipinski definition) is 5. The summed E-state index contributed by atoms with van der Waals surface area (Å²) >= 11 is 0. The van der Waals surface area contributed by atoms with Crippen LogP contribution in [-0.4, -0.2) is 31.8 Å². The predicted molar refractivity (Wildman–Crippen MR) is 113 cm³/mol. The highest BCUT2D eigenvalue weighted by molar-refractivity contribution is 5.66. The minimum atomic E-state index is 0.0914. The van der Waals surface area contributed by atoms with Gasteiger partial charge in [0.2, 0.25) is 5.88 Å². The van der Waals surface area contributed by atoms with E-state index in [2.05, 4.69) is 9.97 Å². The highest BCUT2D eigenvalue weighted by atomic mass is 16.5. The lowest BCUT2D eigenvalue weighted by molar-refractivity contribution is 0.232. The molecule has 0 bridgehead atoms. The monoisotopic (exact) mass is 388 g/mol. The number of pyridine rings is 1. The second kappa shape index (κ2) is 7.91. The number of imidazole rings is 1. The Labute approximate surface area is 170 Å². The third kappa shape index (κ3) is 4.21. The molecular weight excluding hydrogens is 364 g/mol. The van der Waals surface area contributed by atoms with Crippen molar-refractivity contribution in [1.29, 1.82) is 0 Å². The Kier molecular flexibility index (Phi) is 5.16. The van der Waals surface area contributed by atoms with Crippen molar-refractivity contribution in [2.75, 3.05) is 0 Å². The van der Waals surface area contributed by atoms with Crippen LogP contribution < -0.4 is 9.47 Å². The zero-order valence-electron chi connectivity index (χ0n) is 17.0. The SMILES string of the molecule is CC(C)Oc1ccc(-c2cnc3ccc(-c4ccc(OC(C)C)nc4)nn23)cc1. The summed E-state index contributed by atoms with van der Waals surface area (Å²) in [5, 5.41) is 4.79. The van der Waals surface area contributed by atoms with Crippen LogP contribution in [0.2, 0.25) is 0 Å². The maximum absolute atomic E-state index is 5.73. The fraction of sp³-hybridized carbons (Fsp3) is 0.261. The average molecular weight is 388 g/mol. The van der Waals surface area contributed by atoms with E-state index in [1.807, 2.05) is 86.9 Å². The number of rotatable bonds is 6. The number of benzene rings is 1. The van der Waals surface area contributed by atoms with Crippen molar-refractivity contribution < 1.29 is 9.47 Å². The summed E-state index contributed by atoms with van der Waals surface area (Å²) in [6.07, 6.45) is 3.85. The molecular formula is C23H24N4O2. The second-order valence-electron chi connectivity index (χ2n) is 7.37. The van der Waals surface area contributed by atoms with E-state index in [-0.39, 0.29) is 12.2 Å². The number of ether oxygens (including phenoxy) is 2. The molecule has 0 aliphatic rings. The number of fused-ring (bicyclic) bond motifs is 1. The van der Waals surface area contributed by atoms with Gasteiger partial charge < -0.3 is 9.47 Å². The van der Waals surface area contributed by atoms with E-state index in [4.69, 9.17) is 14.6 Å². The van der Waals surface area contributed by atoms with Gasteiger partial charge in [0.15, 0.2) is 5.65 Å². The molecule has 0 aliphatic carbocycles. The predicted octanol–water partition coefficient (Wildman–Crippen LogP) is 5.03. The molecule has 29 heavy (non-hydrogen) atoms. The molecule has 1 aromatic carbocycles. The molecule has 0 saturated heterocycles. The first-order chi connectivity index (χ1) is 14.0. The van der Waals surface area contributed by atoms with E-state index in [0.29, 0.717) is 5.88 Å². The first-order valence-electron chi connectivity index (χ1n) is 9.74. The Morgan fingerprint density at radius 1 is 0.724 bits per heavy atom. The molecule has 6 heteroatoms. The fourth-order valence-corrected chi connectivity index (χ4v) is 3.04. The van der Waals surface area contributed by atoms with Crippen molar-refractivity contribution in [2.45, 2.75) is 39.9 Å². The van der Waals surface area contributed by atoms with Gasteiger partial charge in [0, 0.05) is 23.4 Å². The second-order valence-corrected chi connectivity index (χ2v) is 7.37. The molecule has 3 aromatic heterocycles. The van der Waals surface area contributed by atoms with Gasteiger partial charge in [-0.15, -0.1) is 0 Å². The molecule has 0 N–H and O–H groups in total. The molecule has 3 heterocycles. The summed E-state index contributed by atoms with van der Waals surface area (Å²) in [4.78, 5) is 8.86. The lowest BCUT2D eigenvalue weighted by atomic mass is 10.1. The van der Waals surface area contributed by atoms with Crippen LogP contribution in [0.3, 0.4) is 0 Å². The van der Waals surface area contributed by atoms with Gasteiger partial charge in [-0.3, -0.25) is 0 Å². The van der Waals surface area contributed by atoms with Crippen LogP contribution in [0.1, 0.15) is 27.7 Å². The molecule has 0 amide bonds. The van der Waals surface area contributed by atoms with Gasteiger partial charge in [-0.2, -0.15) is 5.10 Å². The van der Waals surface area contributed by atoms with Crippen LogP contribution in [0.4, 0.5) is 0 Å². The molecule has 4 rings (SSSR count). The largest absolute Gasteiger partial charge is 0.491 e. The molecule has 0 saturated carbocycles. The molecule has 0 fully saturated rings. The number of aromatic nitrogens is 4. The third-order valence-electron chi connectivity index (χ3n) is 4.27. The molecule has 148 valence electrons. The van der Waals surface area contributed by atoms with Crippen molar-refractivity contribution >= 4 is 5.65 Å². The van der Waals surface area contributed by atoms with E-state index in [0.717, 1.165) is 33.9 Å². The van der Waals surface area contributed by atoms with Gasteiger partial charge in [0.05, 0.1) is 29.8 Å². The van der Waals surface area contributed by atoms with Crippen molar-refractivity contribution in [3.63, 3.8) is 0 Å². The standard InChI is InChI=1S/C23H24N4O2/c1-15(2)28-19-8-5-17(6-9-19)21-14-24-22-11-10-20(26-27(21)22)18-7-12-23(25-13-18)29-16(3)4/h5-16H,1-4H3. The van der Waals surface area contributed by atoms with Crippen LogP contribution in [0.15, 0.2) is 60.9 Å². The van der Waals surface area contributed by atoms with Gasteiger partial charge in [-0.1, -0.05) is 0 Å². The summed E-state index contributed by atoms with van der Waals surface area (Å²) in [7, 11) is 0. The quantitative estimate of drug-likeness (QED) is 0.463. The zero-order chi connectivity index (χ0) is 20.4. The van der Waals surface area contributed by atoms with Crippen LogP contribution in [0.5, 0.6) is 11.6 Å². The smallest absolute Gasteiger partial charge is 0.213 e. The Hall–Kier alpha value is -3.41. The Bertz CT molecular complexity index is 1100. The Balaban J connectivity index is 1.66. The first kappa shape index (κ1) is 18.9. The van der Waals surface area contributed by atoms with E-state index < -0.39 is 0 Å². The normalized spacial score (nSPS) is 11.4. The summed E-state index contributed by atoms with van der Waals surface area (Å²) in [5.41, 5.74) is 4.48. The summed E-state index contributed by atoms with van der Waals surface area (Å²) < 4.78 is 13.2. The third-order valence-corrected chi connectivity index (χ3v) is 4.27. The van der Waals surface area contributed by atoms with Crippen LogP contribution in [-0.2, 0) is 0 Å². The molecule has 0 atom stereocenters. The van der Waals surface area contributed by atoms with Crippen LogP contribution >= 0.6 is 0 Å². The van der Waals surface area contributed by atoms with Crippen molar-refractivity contribution in [1.82, 2.24) is 19.6 Å². The van der Waals surface area contributed by atoms with Crippen LogP contribution in [0.25, 0.3) is 28.2 Å². The van der Waals surface area contributed by atoms with Gasteiger partial charge in [-0.25, -0.2) is 14.5 Å². The lowest BCUT2D eigenvalue weighted by Gasteiger charge is -2.10. The topological polar surface area (TPSA) is 61.5 Å². The van der Waals surface area contributed by atoms with Crippen molar-refractivity contribution in [3.8, 4) is 34.1 Å². The van der Waals surface area contributed by atoms with E-state index >= 15 is 0 Å². The highest BCUT2D eigenvalue weighted by Gasteiger charge is 2.10. The first-order valence-corrected chi connectivity index (χ1v) is 9.74. The Morgan fingerprint density at radius 3 is 2.10 bits per heavy atom. The molecule has 0 radical (unpaired) electrons. The molecule has 0 aliphatic heterocycles. The Morgan fingerprint density at radius 2 is 1.45 bits per heavy atom. The van der Waals surface area contributed by atoms with Gasteiger partial charge in [-0.05, 0) is 70.2 Å². The maximum atomic E-state index is 5.73. The highest BCUT2D eigenvalue weighted by Crippen LogP contribution is 2.25. The lowest BCUT2D eigenvalue weighted by Crippen LogP contribution is -2.06. The summed E-state index contributed by atoms with van der Waals surface area (Å²) in [5.74, 6) is 1.46. The van der Waals surface area contributed by atoms with E-state index in [9.17, 15) is 0 Å².